The first-order valence-corrected chi connectivity index (χ1v) is 8.56. The van der Waals surface area contributed by atoms with Crippen molar-refractivity contribution in [1.29, 1.82) is 0 Å². The minimum absolute atomic E-state index is 0.119. The number of para-hydroxylation sites is 2. The second kappa shape index (κ2) is 8.52. The fraction of sp³-hybridized carbons (Fsp3) is 0.474. The Hall–Kier alpha value is -2.30. The fourth-order valence-electron chi connectivity index (χ4n) is 2.28. The molecule has 1 aromatic carbocycles. The molecule has 1 aromatic heterocycles. The highest BCUT2D eigenvalue weighted by atomic mass is 16.5. The molecule has 0 saturated carbocycles. The summed E-state index contributed by atoms with van der Waals surface area (Å²) >= 11 is 0. The number of aromatic nitrogens is 2. The standard InChI is InChI=1S/C19H28N4O/c1-13(2)10-11-20-18-12-19(22-15(5)21-18)23-16-8-6-7-9-17(16)24-14(3)4/h6-9,12-14H,10-11H2,1-5H3,(H2,20,21,22,23). The van der Waals surface area contributed by atoms with Crippen molar-refractivity contribution in [1.82, 2.24) is 9.97 Å². The first-order chi connectivity index (χ1) is 11.4. The van der Waals surface area contributed by atoms with Gasteiger partial charge in [-0.2, -0.15) is 0 Å². The molecule has 2 N–H and O–H groups in total. The third-order valence-corrected chi connectivity index (χ3v) is 3.38. The summed E-state index contributed by atoms with van der Waals surface area (Å²) in [5, 5.41) is 6.71. The zero-order chi connectivity index (χ0) is 17.5. The summed E-state index contributed by atoms with van der Waals surface area (Å²) in [4.78, 5) is 8.92. The predicted octanol–water partition coefficient (Wildman–Crippen LogP) is 4.77. The molecule has 0 unspecified atom stereocenters. The number of nitrogens with zero attached hydrogens (tertiary/aromatic N) is 2. The smallest absolute Gasteiger partial charge is 0.143 e. The van der Waals surface area contributed by atoms with Gasteiger partial charge in [-0.15, -0.1) is 0 Å². The van der Waals surface area contributed by atoms with Crippen molar-refractivity contribution in [3.8, 4) is 5.75 Å². The molecule has 24 heavy (non-hydrogen) atoms. The second-order valence-electron chi connectivity index (χ2n) is 6.58. The van der Waals surface area contributed by atoms with Crippen molar-refractivity contribution in [3.63, 3.8) is 0 Å². The predicted molar refractivity (Wildman–Crippen MR) is 100 cm³/mol. The van der Waals surface area contributed by atoms with E-state index in [2.05, 4.69) is 34.4 Å². The van der Waals surface area contributed by atoms with Gasteiger partial charge in [-0.25, -0.2) is 9.97 Å². The van der Waals surface area contributed by atoms with Gasteiger partial charge in [0.1, 0.15) is 23.2 Å². The maximum atomic E-state index is 5.85. The summed E-state index contributed by atoms with van der Waals surface area (Å²) in [5.74, 6) is 3.81. The zero-order valence-corrected chi connectivity index (χ0v) is 15.3. The largest absolute Gasteiger partial charge is 0.489 e. The molecule has 0 fully saturated rings. The Labute approximate surface area is 144 Å². The Balaban J connectivity index is 2.13. The molecule has 0 atom stereocenters. The van der Waals surface area contributed by atoms with E-state index in [0.717, 1.165) is 41.9 Å². The highest BCUT2D eigenvalue weighted by Crippen LogP contribution is 2.28. The Morgan fingerprint density at radius 1 is 1.04 bits per heavy atom. The number of ether oxygens (including phenoxy) is 1. The number of benzene rings is 1. The minimum atomic E-state index is 0.119. The van der Waals surface area contributed by atoms with Crippen molar-refractivity contribution in [2.45, 2.75) is 47.1 Å². The molecule has 0 aliphatic carbocycles. The van der Waals surface area contributed by atoms with Gasteiger partial charge in [-0.1, -0.05) is 26.0 Å². The van der Waals surface area contributed by atoms with E-state index in [-0.39, 0.29) is 6.10 Å². The van der Waals surface area contributed by atoms with E-state index in [1.165, 1.54) is 0 Å². The summed E-state index contributed by atoms with van der Waals surface area (Å²) < 4.78 is 5.85. The lowest BCUT2D eigenvalue weighted by Gasteiger charge is -2.16. The van der Waals surface area contributed by atoms with Gasteiger partial charge in [0.15, 0.2) is 0 Å². The van der Waals surface area contributed by atoms with E-state index < -0.39 is 0 Å². The molecule has 2 rings (SSSR count). The van der Waals surface area contributed by atoms with Gasteiger partial charge in [0.05, 0.1) is 11.8 Å². The summed E-state index contributed by atoms with van der Waals surface area (Å²) in [7, 11) is 0. The number of hydrogen-bond acceptors (Lipinski definition) is 5. The van der Waals surface area contributed by atoms with Crippen LogP contribution in [0.1, 0.15) is 39.9 Å². The molecule has 2 aromatic rings. The molecule has 0 aliphatic heterocycles. The quantitative estimate of drug-likeness (QED) is 0.730. The second-order valence-corrected chi connectivity index (χ2v) is 6.58. The Kier molecular flexibility index (Phi) is 6.41. The highest BCUT2D eigenvalue weighted by molar-refractivity contribution is 5.65. The van der Waals surface area contributed by atoms with E-state index in [0.29, 0.717) is 5.92 Å². The van der Waals surface area contributed by atoms with Gasteiger partial charge in [-0.05, 0) is 45.2 Å². The number of aryl methyl sites for hydroxylation is 1. The van der Waals surface area contributed by atoms with Crippen LogP contribution in [-0.2, 0) is 0 Å². The fourth-order valence-corrected chi connectivity index (χ4v) is 2.28. The van der Waals surface area contributed by atoms with Gasteiger partial charge in [0.25, 0.3) is 0 Å². The van der Waals surface area contributed by atoms with E-state index in [1.807, 2.05) is 51.1 Å². The van der Waals surface area contributed by atoms with Crippen molar-refractivity contribution in [2.75, 3.05) is 17.2 Å². The summed E-state index contributed by atoms with van der Waals surface area (Å²) in [6.07, 6.45) is 1.23. The monoisotopic (exact) mass is 328 g/mol. The zero-order valence-electron chi connectivity index (χ0n) is 15.3. The van der Waals surface area contributed by atoms with E-state index in [1.54, 1.807) is 0 Å². The van der Waals surface area contributed by atoms with Crippen LogP contribution in [0, 0.1) is 12.8 Å². The first-order valence-electron chi connectivity index (χ1n) is 8.56. The van der Waals surface area contributed by atoms with Crippen molar-refractivity contribution < 1.29 is 4.74 Å². The van der Waals surface area contributed by atoms with Crippen LogP contribution in [0.3, 0.4) is 0 Å². The Morgan fingerprint density at radius 3 is 2.46 bits per heavy atom. The summed E-state index contributed by atoms with van der Waals surface area (Å²) in [5.41, 5.74) is 0.900. The van der Waals surface area contributed by atoms with Gasteiger partial charge in [0.2, 0.25) is 0 Å². The van der Waals surface area contributed by atoms with Crippen LogP contribution in [0.25, 0.3) is 0 Å². The third-order valence-electron chi connectivity index (χ3n) is 3.38. The van der Waals surface area contributed by atoms with Gasteiger partial charge < -0.3 is 15.4 Å². The molecular formula is C19H28N4O. The van der Waals surface area contributed by atoms with Gasteiger partial charge >= 0.3 is 0 Å². The Bertz CT molecular complexity index is 656. The first kappa shape index (κ1) is 18.0. The van der Waals surface area contributed by atoms with Crippen LogP contribution in [0.2, 0.25) is 0 Å². The van der Waals surface area contributed by atoms with Crippen LogP contribution in [0.15, 0.2) is 30.3 Å². The van der Waals surface area contributed by atoms with Crippen LogP contribution in [-0.4, -0.2) is 22.6 Å². The lowest BCUT2D eigenvalue weighted by molar-refractivity contribution is 0.244. The lowest BCUT2D eigenvalue weighted by atomic mass is 10.1. The van der Waals surface area contributed by atoms with E-state index in [9.17, 15) is 0 Å². The number of hydrogen-bond donors (Lipinski definition) is 2. The average molecular weight is 328 g/mol. The molecule has 0 spiro atoms. The summed E-state index contributed by atoms with van der Waals surface area (Å²) in [6, 6.07) is 9.82. The lowest BCUT2D eigenvalue weighted by Crippen LogP contribution is -2.09. The average Bonchev–Trinajstić information content (AvgIpc) is 2.48. The molecule has 130 valence electrons. The van der Waals surface area contributed by atoms with Crippen LogP contribution >= 0.6 is 0 Å². The number of anilines is 3. The molecule has 0 bridgehead atoms. The Morgan fingerprint density at radius 2 is 1.75 bits per heavy atom. The van der Waals surface area contributed by atoms with E-state index >= 15 is 0 Å². The molecule has 0 amide bonds. The van der Waals surface area contributed by atoms with Crippen LogP contribution < -0.4 is 15.4 Å². The minimum Gasteiger partial charge on any atom is -0.489 e. The third kappa shape index (κ3) is 5.72. The molecule has 5 heteroatoms. The molecule has 1 heterocycles. The number of rotatable bonds is 8. The molecule has 0 aliphatic rings. The molecule has 0 radical (unpaired) electrons. The van der Waals surface area contributed by atoms with Crippen molar-refractivity contribution >= 4 is 17.3 Å². The van der Waals surface area contributed by atoms with Gasteiger partial charge in [0, 0.05) is 12.6 Å². The molecule has 5 nitrogen and oxygen atoms in total. The van der Waals surface area contributed by atoms with Crippen LogP contribution in [0.5, 0.6) is 5.75 Å². The van der Waals surface area contributed by atoms with Crippen molar-refractivity contribution in [2.24, 2.45) is 5.92 Å². The number of nitrogens with one attached hydrogen (secondary N) is 2. The SMILES string of the molecule is Cc1nc(NCCC(C)C)cc(Nc2ccccc2OC(C)C)n1. The van der Waals surface area contributed by atoms with Crippen molar-refractivity contribution in [3.05, 3.63) is 36.2 Å². The van der Waals surface area contributed by atoms with E-state index in [4.69, 9.17) is 4.74 Å². The van der Waals surface area contributed by atoms with Gasteiger partial charge in [-0.3, -0.25) is 0 Å². The van der Waals surface area contributed by atoms with Crippen LogP contribution in [0.4, 0.5) is 17.3 Å². The maximum Gasteiger partial charge on any atom is 0.143 e. The molecular weight excluding hydrogens is 300 g/mol. The molecule has 0 saturated heterocycles. The topological polar surface area (TPSA) is 59.1 Å². The summed E-state index contributed by atoms with van der Waals surface area (Å²) in [6.45, 7) is 11.3. The normalized spacial score (nSPS) is 11.0. The highest BCUT2D eigenvalue weighted by Gasteiger charge is 2.08. The maximum absolute atomic E-state index is 5.85.